The van der Waals surface area contributed by atoms with E-state index in [1.165, 1.54) is 18.2 Å². The Morgan fingerprint density at radius 3 is 2.37 bits per heavy atom. The predicted molar refractivity (Wildman–Crippen MR) is 103 cm³/mol. The predicted octanol–water partition coefficient (Wildman–Crippen LogP) is 4.73. The normalized spacial score (nSPS) is 11.1. The minimum atomic E-state index is -1.09. The van der Waals surface area contributed by atoms with Crippen LogP contribution < -0.4 is 0 Å². The van der Waals surface area contributed by atoms with E-state index in [-0.39, 0.29) is 11.1 Å². The summed E-state index contributed by atoms with van der Waals surface area (Å²) in [7, 11) is 0. The number of imidazole rings is 1. The van der Waals surface area contributed by atoms with Crippen LogP contribution in [0.3, 0.4) is 0 Å². The van der Waals surface area contributed by atoms with Gasteiger partial charge in [-0.25, -0.2) is 14.6 Å². The highest BCUT2D eigenvalue weighted by molar-refractivity contribution is 6.33. The lowest BCUT2D eigenvalue weighted by molar-refractivity contribution is 0.0687. The van der Waals surface area contributed by atoms with Gasteiger partial charge in [-0.05, 0) is 49.2 Å². The molecule has 0 aliphatic rings. The molecule has 0 atom stereocenters. The van der Waals surface area contributed by atoms with Crippen LogP contribution in [0.4, 0.5) is 0 Å². The first kappa shape index (κ1) is 18.9. The quantitative estimate of drug-likeness (QED) is 0.639. The summed E-state index contributed by atoms with van der Waals surface area (Å²) in [6, 6.07) is 7.76. The molecule has 0 bridgehead atoms. The minimum absolute atomic E-state index is 0.0677. The highest BCUT2D eigenvalue weighted by atomic mass is 35.5. The fourth-order valence-corrected chi connectivity index (χ4v) is 3.29. The van der Waals surface area contributed by atoms with Gasteiger partial charge >= 0.3 is 11.9 Å². The Labute approximate surface area is 161 Å². The number of hydrogen-bond acceptors (Lipinski definition) is 3. The van der Waals surface area contributed by atoms with Crippen LogP contribution in [-0.4, -0.2) is 31.7 Å². The fraction of sp³-hybridized carbons (Fsp3) is 0.250. The molecular formula is C20H19ClN2O4. The Hall–Kier alpha value is -2.86. The van der Waals surface area contributed by atoms with E-state index in [1.807, 2.05) is 6.92 Å². The van der Waals surface area contributed by atoms with Crippen LogP contribution in [0.2, 0.25) is 5.02 Å². The van der Waals surface area contributed by atoms with Crippen LogP contribution in [0.1, 0.15) is 51.9 Å². The summed E-state index contributed by atoms with van der Waals surface area (Å²) in [4.78, 5) is 27.7. The molecule has 3 rings (SSSR count). The molecule has 140 valence electrons. The topological polar surface area (TPSA) is 92.4 Å². The molecule has 6 nitrogen and oxygen atoms in total. The third-order valence-corrected chi connectivity index (χ3v) is 4.94. The number of carboxylic acid groups (broad SMARTS) is 2. The van der Waals surface area contributed by atoms with Gasteiger partial charge in [-0.1, -0.05) is 24.9 Å². The summed E-state index contributed by atoms with van der Waals surface area (Å²) < 4.78 is 1.80. The number of fused-ring (bicyclic) bond motifs is 1. The number of aromatic carboxylic acids is 2. The number of carbonyl (C=O) groups is 2. The second kappa shape index (κ2) is 7.40. The van der Waals surface area contributed by atoms with Crippen molar-refractivity contribution in [2.75, 3.05) is 0 Å². The SMILES string of the molecule is CCCCc1nc2c(C)c(Cl)cc(C(=O)O)c2n1-c1ccc(C(=O)O)cc1. The summed E-state index contributed by atoms with van der Waals surface area (Å²) >= 11 is 6.23. The van der Waals surface area contributed by atoms with Crippen molar-refractivity contribution in [3.05, 3.63) is 57.9 Å². The van der Waals surface area contributed by atoms with E-state index in [2.05, 4.69) is 11.9 Å². The summed E-state index contributed by atoms with van der Waals surface area (Å²) in [5, 5.41) is 19.2. The number of benzene rings is 2. The monoisotopic (exact) mass is 386 g/mol. The first-order valence-electron chi connectivity index (χ1n) is 8.62. The largest absolute Gasteiger partial charge is 0.478 e. The second-order valence-corrected chi connectivity index (χ2v) is 6.76. The third kappa shape index (κ3) is 3.40. The minimum Gasteiger partial charge on any atom is -0.478 e. The van der Waals surface area contributed by atoms with Gasteiger partial charge in [-0.3, -0.25) is 4.57 Å². The number of nitrogens with zero attached hydrogens (tertiary/aromatic N) is 2. The molecule has 0 aliphatic carbocycles. The van der Waals surface area contributed by atoms with Crippen molar-refractivity contribution in [3.63, 3.8) is 0 Å². The van der Waals surface area contributed by atoms with Crippen LogP contribution in [0.15, 0.2) is 30.3 Å². The highest BCUT2D eigenvalue weighted by Gasteiger charge is 2.22. The van der Waals surface area contributed by atoms with Crippen molar-refractivity contribution in [1.29, 1.82) is 0 Å². The van der Waals surface area contributed by atoms with E-state index in [1.54, 1.807) is 16.7 Å². The molecule has 0 fully saturated rings. The van der Waals surface area contributed by atoms with Gasteiger partial charge in [0.15, 0.2) is 0 Å². The number of hydrogen-bond donors (Lipinski definition) is 2. The molecule has 1 aromatic heterocycles. The van der Waals surface area contributed by atoms with E-state index < -0.39 is 11.9 Å². The van der Waals surface area contributed by atoms with Gasteiger partial charge in [-0.2, -0.15) is 0 Å². The molecule has 1 heterocycles. The fourth-order valence-electron chi connectivity index (χ4n) is 3.09. The van der Waals surface area contributed by atoms with Crippen molar-refractivity contribution in [1.82, 2.24) is 9.55 Å². The zero-order valence-electron chi connectivity index (χ0n) is 15.0. The van der Waals surface area contributed by atoms with Crippen LogP contribution in [-0.2, 0) is 6.42 Å². The van der Waals surface area contributed by atoms with Crippen molar-refractivity contribution >= 4 is 34.6 Å². The van der Waals surface area contributed by atoms with E-state index in [4.69, 9.17) is 16.7 Å². The molecule has 27 heavy (non-hydrogen) atoms. The summed E-state index contributed by atoms with van der Waals surface area (Å²) in [6.45, 7) is 3.88. The average molecular weight is 387 g/mol. The third-order valence-electron chi connectivity index (χ3n) is 4.54. The molecule has 0 amide bonds. The van der Waals surface area contributed by atoms with Crippen LogP contribution in [0.5, 0.6) is 0 Å². The van der Waals surface area contributed by atoms with E-state index >= 15 is 0 Å². The molecule has 7 heteroatoms. The van der Waals surface area contributed by atoms with Crippen molar-refractivity contribution < 1.29 is 19.8 Å². The number of halogens is 1. The van der Waals surface area contributed by atoms with Crippen LogP contribution >= 0.6 is 11.6 Å². The second-order valence-electron chi connectivity index (χ2n) is 6.35. The first-order valence-corrected chi connectivity index (χ1v) is 9.00. The van der Waals surface area contributed by atoms with Gasteiger partial charge in [-0.15, -0.1) is 0 Å². The Bertz CT molecular complexity index is 1040. The number of rotatable bonds is 6. The molecular weight excluding hydrogens is 368 g/mol. The smallest absolute Gasteiger partial charge is 0.337 e. The molecule has 0 spiro atoms. The Kier molecular flexibility index (Phi) is 5.19. The summed E-state index contributed by atoms with van der Waals surface area (Å²) in [6.07, 6.45) is 2.53. The maximum Gasteiger partial charge on any atom is 0.337 e. The van der Waals surface area contributed by atoms with Crippen LogP contribution in [0, 0.1) is 6.92 Å². The van der Waals surface area contributed by atoms with Crippen molar-refractivity contribution in [2.45, 2.75) is 33.1 Å². The van der Waals surface area contributed by atoms with Gasteiger partial charge in [0.1, 0.15) is 5.82 Å². The van der Waals surface area contributed by atoms with E-state index in [9.17, 15) is 14.7 Å². The van der Waals surface area contributed by atoms with Crippen LogP contribution in [0.25, 0.3) is 16.7 Å². The Balaban J connectivity index is 2.35. The standard InChI is InChI=1S/C20H19ClN2O4/c1-3-4-5-16-22-17-11(2)15(21)10-14(20(26)27)18(17)23(16)13-8-6-12(7-9-13)19(24)25/h6-10H,3-5H2,1-2H3,(H,24,25)(H,26,27). The lowest BCUT2D eigenvalue weighted by Gasteiger charge is -2.12. The maximum atomic E-state index is 11.9. The van der Waals surface area contributed by atoms with E-state index in [0.717, 1.165) is 24.2 Å². The van der Waals surface area contributed by atoms with E-state index in [0.29, 0.717) is 28.2 Å². The Morgan fingerprint density at radius 2 is 1.81 bits per heavy atom. The lowest BCUT2D eigenvalue weighted by Crippen LogP contribution is -2.06. The highest BCUT2D eigenvalue weighted by Crippen LogP contribution is 2.32. The van der Waals surface area contributed by atoms with Gasteiger partial charge in [0, 0.05) is 17.1 Å². The number of aromatic nitrogens is 2. The number of aryl methyl sites for hydroxylation is 2. The first-order chi connectivity index (χ1) is 12.8. The summed E-state index contributed by atoms with van der Waals surface area (Å²) in [5.41, 5.74) is 2.63. The molecule has 0 saturated heterocycles. The molecule has 0 aliphatic heterocycles. The number of unbranched alkanes of at least 4 members (excludes halogenated alkanes) is 1. The zero-order valence-corrected chi connectivity index (χ0v) is 15.7. The number of carboxylic acids is 2. The maximum absolute atomic E-state index is 11.9. The van der Waals surface area contributed by atoms with Crippen molar-refractivity contribution in [2.24, 2.45) is 0 Å². The Morgan fingerprint density at radius 1 is 1.15 bits per heavy atom. The molecule has 0 radical (unpaired) electrons. The molecule has 0 saturated carbocycles. The van der Waals surface area contributed by atoms with Gasteiger partial charge in [0.25, 0.3) is 0 Å². The molecule has 0 unspecified atom stereocenters. The van der Waals surface area contributed by atoms with Gasteiger partial charge in [0.2, 0.25) is 0 Å². The average Bonchev–Trinajstić information content (AvgIpc) is 3.02. The summed E-state index contributed by atoms with van der Waals surface area (Å²) in [5.74, 6) is -1.38. The van der Waals surface area contributed by atoms with Crippen molar-refractivity contribution in [3.8, 4) is 5.69 Å². The molecule has 2 N–H and O–H groups in total. The van der Waals surface area contributed by atoms with Gasteiger partial charge < -0.3 is 10.2 Å². The molecule has 3 aromatic rings. The zero-order chi connectivity index (χ0) is 19.7. The molecule has 2 aromatic carbocycles. The van der Waals surface area contributed by atoms with Gasteiger partial charge in [0.05, 0.1) is 22.2 Å². The lowest BCUT2D eigenvalue weighted by atomic mass is 10.1.